The topological polar surface area (TPSA) is 82.0 Å². The molecule has 4 nitrogen and oxygen atoms in total. The fourth-order valence-electron chi connectivity index (χ4n) is 0.551. The normalized spacial score (nSPS) is 8.36. The van der Waals surface area contributed by atoms with Crippen molar-refractivity contribution in [3.63, 3.8) is 0 Å². The zero-order valence-electron chi connectivity index (χ0n) is 5.65. The Morgan fingerprint density at radius 2 is 2.09 bits per heavy atom. The molecule has 1 rings (SSSR count). The van der Waals surface area contributed by atoms with E-state index >= 15 is 0 Å². The number of rotatable bonds is 1. The van der Waals surface area contributed by atoms with Gasteiger partial charge in [0.2, 0.25) is 5.91 Å². The van der Waals surface area contributed by atoms with E-state index in [1.54, 1.807) is 0 Å². The summed E-state index contributed by atoms with van der Waals surface area (Å²) in [5.41, 5.74) is 10.6. The molecule has 11 heavy (non-hydrogen) atoms. The maximum Gasteiger partial charge on any atom is 0.250 e. The lowest BCUT2D eigenvalue weighted by Crippen LogP contribution is -2.11. The van der Waals surface area contributed by atoms with Crippen LogP contribution in [0.5, 0.6) is 0 Å². The minimum absolute atomic E-state index is 0. The average Bonchev–Trinajstić information content (AvgIpc) is 1.88. The summed E-state index contributed by atoms with van der Waals surface area (Å²) in [7, 11) is 0. The molecular weight excluding hydrogens is 166 g/mol. The van der Waals surface area contributed by atoms with E-state index in [1.807, 2.05) is 0 Å². The van der Waals surface area contributed by atoms with Crippen LogP contribution >= 0.6 is 12.4 Å². The van der Waals surface area contributed by atoms with Crippen LogP contribution in [0.15, 0.2) is 18.3 Å². The number of primary amides is 1. The van der Waals surface area contributed by atoms with Crippen LogP contribution in [-0.2, 0) is 0 Å². The highest BCUT2D eigenvalue weighted by molar-refractivity contribution is 5.92. The Morgan fingerprint density at radius 1 is 1.45 bits per heavy atom. The van der Waals surface area contributed by atoms with Crippen molar-refractivity contribution in [1.29, 1.82) is 0 Å². The maximum atomic E-state index is 10.5. The van der Waals surface area contributed by atoms with Crippen LogP contribution < -0.4 is 11.5 Å². The SMILES string of the molecule is Cl.NC(=O)c1ccc(N)nc1. The molecule has 0 spiro atoms. The number of halogens is 1. The fourth-order valence-corrected chi connectivity index (χ4v) is 0.551. The minimum atomic E-state index is -0.493. The summed E-state index contributed by atoms with van der Waals surface area (Å²) in [6, 6.07) is 3.06. The second kappa shape index (κ2) is 3.78. The summed E-state index contributed by atoms with van der Waals surface area (Å²) in [5, 5.41) is 0. The molecule has 60 valence electrons. The highest BCUT2D eigenvalue weighted by Crippen LogP contribution is 1.98. The molecule has 1 heterocycles. The van der Waals surface area contributed by atoms with Crippen molar-refractivity contribution in [3.05, 3.63) is 23.9 Å². The Labute approximate surface area is 70.0 Å². The Balaban J connectivity index is 0.000001000. The van der Waals surface area contributed by atoms with E-state index in [2.05, 4.69) is 4.98 Å². The van der Waals surface area contributed by atoms with E-state index in [-0.39, 0.29) is 12.4 Å². The smallest absolute Gasteiger partial charge is 0.250 e. The molecule has 0 atom stereocenters. The van der Waals surface area contributed by atoms with Crippen LogP contribution in [0.25, 0.3) is 0 Å². The van der Waals surface area contributed by atoms with Gasteiger partial charge >= 0.3 is 0 Å². The second-order valence-corrected chi connectivity index (χ2v) is 1.84. The number of amides is 1. The maximum absolute atomic E-state index is 10.5. The number of nitrogens with zero attached hydrogens (tertiary/aromatic N) is 1. The Hall–Kier alpha value is -1.29. The van der Waals surface area contributed by atoms with Crippen LogP contribution in [0, 0.1) is 0 Å². The molecule has 1 amide bonds. The summed E-state index contributed by atoms with van der Waals surface area (Å²) < 4.78 is 0. The van der Waals surface area contributed by atoms with E-state index in [4.69, 9.17) is 11.5 Å². The zero-order valence-corrected chi connectivity index (χ0v) is 6.47. The van der Waals surface area contributed by atoms with Crippen LogP contribution in [-0.4, -0.2) is 10.9 Å². The average molecular weight is 174 g/mol. The van der Waals surface area contributed by atoms with Crippen molar-refractivity contribution in [2.24, 2.45) is 5.73 Å². The van der Waals surface area contributed by atoms with Crippen molar-refractivity contribution >= 4 is 24.1 Å². The van der Waals surface area contributed by atoms with Gasteiger partial charge in [-0.3, -0.25) is 4.79 Å². The van der Waals surface area contributed by atoms with Gasteiger partial charge in [0.25, 0.3) is 0 Å². The number of pyridine rings is 1. The van der Waals surface area contributed by atoms with E-state index in [0.29, 0.717) is 11.4 Å². The molecule has 0 bridgehead atoms. The first kappa shape index (κ1) is 9.71. The monoisotopic (exact) mass is 173 g/mol. The third-order valence-electron chi connectivity index (χ3n) is 1.07. The Morgan fingerprint density at radius 3 is 2.45 bits per heavy atom. The van der Waals surface area contributed by atoms with Gasteiger partial charge in [0.05, 0.1) is 5.56 Å². The first-order valence-electron chi connectivity index (χ1n) is 2.71. The molecule has 1 aromatic heterocycles. The van der Waals surface area contributed by atoms with Crippen molar-refractivity contribution < 1.29 is 4.79 Å². The summed E-state index contributed by atoms with van der Waals surface area (Å²) >= 11 is 0. The van der Waals surface area contributed by atoms with Crippen molar-refractivity contribution in [3.8, 4) is 0 Å². The number of hydrogen-bond donors (Lipinski definition) is 2. The van der Waals surface area contributed by atoms with Gasteiger partial charge in [-0.1, -0.05) is 0 Å². The number of anilines is 1. The van der Waals surface area contributed by atoms with Crippen molar-refractivity contribution in [1.82, 2.24) is 4.98 Å². The number of nitrogens with two attached hydrogens (primary N) is 2. The first-order valence-corrected chi connectivity index (χ1v) is 2.71. The summed E-state index contributed by atoms with van der Waals surface area (Å²) in [6.07, 6.45) is 1.34. The van der Waals surface area contributed by atoms with Gasteiger partial charge in [-0.2, -0.15) is 0 Å². The lowest BCUT2D eigenvalue weighted by Gasteiger charge is -1.93. The Kier molecular flexibility index (Phi) is 3.33. The lowest BCUT2D eigenvalue weighted by molar-refractivity contribution is 0.1000. The van der Waals surface area contributed by atoms with Gasteiger partial charge in [-0.25, -0.2) is 4.98 Å². The number of carbonyl (C=O) groups excluding carboxylic acids is 1. The quantitative estimate of drug-likeness (QED) is 0.636. The molecule has 1 aromatic rings. The predicted octanol–water partition coefficient (Wildman–Crippen LogP) is 0.184. The fraction of sp³-hybridized carbons (Fsp3) is 0. The first-order chi connectivity index (χ1) is 4.70. The van der Waals surface area contributed by atoms with E-state index in [9.17, 15) is 4.79 Å². The third kappa shape index (κ3) is 2.43. The molecule has 0 saturated carbocycles. The molecule has 0 fully saturated rings. The lowest BCUT2D eigenvalue weighted by atomic mass is 10.3. The zero-order chi connectivity index (χ0) is 7.56. The van der Waals surface area contributed by atoms with Gasteiger partial charge in [0, 0.05) is 6.20 Å². The summed E-state index contributed by atoms with van der Waals surface area (Å²) in [5.74, 6) is -0.113. The van der Waals surface area contributed by atoms with E-state index in [1.165, 1.54) is 18.3 Å². The highest BCUT2D eigenvalue weighted by Gasteiger charge is 1.97. The van der Waals surface area contributed by atoms with E-state index < -0.39 is 5.91 Å². The van der Waals surface area contributed by atoms with Gasteiger partial charge < -0.3 is 11.5 Å². The predicted molar refractivity (Wildman–Crippen MR) is 44.4 cm³/mol. The van der Waals surface area contributed by atoms with Crippen LogP contribution in [0.2, 0.25) is 0 Å². The number of hydrogen-bond acceptors (Lipinski definition) is 3. The number of nitrogen functional groups attached to an aromatic ring is 1. The number of carbonyl (C=O) groups is 1. The largest absolute Gasteiger partial charge is 0.384 e. The van der Waals surface area contributed by atoms with Gasteiger partial charge in [-0.15, -0.1) is 12.4 Å². The number of aromatic nitrogens is 1. The molecule has 0 unspecified atom stereocenters. The Bertz CT molecular complexity index is 247. The van der Waals surface area contributed by atoms with Gasteiger partial charge in [-0.05, 0) is 12.1 Å². The van der Waals surface area contributed by atoms with Crippen LogP contribution in [0.3, 0.4) is 0 Å². The standard InChI is InChI=1S/C6H7N3O.ClH/c7-5-2-1-4(3-9-5)6(8)10;/h1-3H,(H2,7,9)(H2,8,10);1H. The molecule has 0 aliphatic carbocycles. The van der Waals surface area contributed by atoms with E-state index in [0.717, 1.165) is 0 Å². The molecule has 0 aliphatic heterocycles. The molecule has 5 heteroatoms. The van der Waals surface area contributed by atoms with Crippen LogP contribution in [0.4, 0.5) is 5.82 Å². The molecule has 0 aromatic carbocycles. The molecule has 0 aliphatic rings. The van der Waals surface area contributed by atoms with Gasteiger partial charge in [0.1, 0.15) is 5.82 Å². The third-order valence-corrected chi connectivity index (χ3v) is 1.07. The minimum Gasteiger partial charge on any atom is -0.384 e. The second-order valence-electron chi connectivity index (χ2n) is 1.84. The van der Waals surface area contributed by atoms with Gasteiger partial charge in [0.15, 0.2) is 0 Å². The highest BCUT2D eigenvalue weighted by atomic mass is 35.5. The molecule has 0 radical (unpaired) electrons. The molecule has 4 N–H and O–H groups in total. The van der Waals surface area contributed by atoms with Crippen LogP contribution in [0.1, 0.15) is 10.4 Å². The molecular formula is C6H8ClN3O. The summed E-state index contributed by atoms with van der Waals surface area (Å²) in [4.78, 5) is 14.1. The van der Waals surface area contributed by atoms with Crippen molar-refractivity contribution in [2.75, 3.05) is 5.73 Å². The van der Waals surface area contributed by atoms with Crippen molar-refractivity contribution in [2.45, 2.75) is 0 Å². The summed E-state index contributed by atoms with van der Waals surface area (Å²) in [6.45, 7) is 0. The molecule has 0 saturated heterocycles.